The molecule has 1 aromatic carbocycles. The van der Waals surface area contributed by atoms with E-state index in [0.717, 1.165) is 17.9 Å². The summed E-state index contributed by atoms with van der Waals surface area (Å²) in [7, 11) is 1.62. The van der Waals surface area contributed by atoms with Crippen LogP contribution in [0.5, 0.6) is 11.5 Å². The maximum absolute atomic E-state index is 12.1. The molecule has 2 aliphatic heterocycles. The van der Waals surface area contributed by atoms with Crippen molar-refractivity contribution in [1.29, 1.82) is 0 Å². The summed E-state index contributed by atoms with van der Waals surface area (Å²) in [6.07, 6.45) is 5.67. The summed E-state index contributed by atoms with van der Waals surface area (Å²) < 4.78 is 12.3. The molecular formula is C22H23N3O4. The number of hydrogen-bond acceptors (Lipinski definition) is 4. The number of aromatic nitrogens is 1. The topological polar surface area (TPSA) is 63.5 Å². The van der Waals surface area contributed by atoms with Crippen molar-refractivity contribution in [1.82, 2.24) is 14.2 Å². The van der Waals surface area contributed by atoms with E-state index in [1.54, 1.807) is 7.05 Å². The minimum atomic E-state index is 0.000469. The van der Waals surface area contributed by atoms with E-state index in [9.17, 15) is 9.59 Å². The molecule has 0 aliphatic carbocycles. The number of benzene rings is 1. The quantitative estimate of drug-likeness (QED) is 0.641. The highest BCUT2D eigenvalue weighted by atomic mass is 16.7. The van der Waals surface area contributed by atoms with Crippen LogP contribution in [-0.4, -0.2) is 53.4 Å². The Morgan fingerprint density at radius 1 is 1.14 bits per heavy atom. The van der Waals surface area contributed by atoms with Crippen molar-refractivity contribution in [3.63, 3.8) is 0 Å². The summed E-state index contributed by atoms with van der Waals surface area (Å²) in [5.74, 6) is 1.69. The number of ether oxygens (including phenoxy) is 2. The van der Waals surface area contributed by atoms with Crippen LogP contribution in [0, 0.1) is 0 Å². The van der Waals surface area contributed by atoms with Gasteiger partial charge in [-0.05, 0) is 41.8 Å². The first kappa shape index (κ1) is 18.9. The number of hydrogen-bond donors (Lipinski definition) is 0. The minimum absolute atomic E-state index is 0.000469. The Labute approximate surface area is 169 Å². The normalized spacial score (nSPS) is 14.0. The molecule has 150 valence electrons. The molecule has 0 N–H and O–H groups in total. The Morgan fingerprint density at radius 3 is 2.59 bits per heavy atom. The number of para-hydroxylation sites is 2. The number of nitrogens with zero attached hydrogens (tertiary/aromatic N) is 3. The molecule has 0 saturated heterocycles. The highest BCUT2D eigenvalue weighted by Crippen LogP contribution is 2.30. The van der Waals surface area contributed by atoms with E-state index >= 15 is 0 Å². The number of likely N-dealkylation sites (N-methyl/N-ethyl adjacent to an activating group) is 1. The van der Waals surface area contributed by atoms with E-state index in [4.69, 9.17) is 9.47 Å². The van der Waals surface area contributed by atoms with Crippen LogP contribution in [0.1, 0.15) is 11.1 Å². The fraction of sp³-hybridized carbons (Fsp3) is 0.273. The summed E-state index contributed by atoms with van der Waals surface area (Å²) in [6.45, 7) is 1.85. The van der Waals surface area contributed by atoms with Crippen LogP contribution in [-0.2, 0) is 22.6 Å². The highest BCUT2D eigenvalue weighted by molar-refractivity contribution is 5.80. The van der Waals surface area contributed by atoms with Gasteiger partial charge in [0.15, 0.2) is 11.5 Å². The van der Waals surface area contributed by atoms with Crippen molar-refractivity contribution in [3.05, 3.63) is 66.0 Å². The van der Waals surface area contributed by atoms with Gasteiger partial charge in [-0.2, -0.15) is 0 Å². The summed E-state index contributed by atoms with van der Waals surface area (Å²) in [5, 5.41) is 0. The molecule has 2 aromatic heterocycles. The van der Waals surface area contributed by atoms with Gasteiger partial charge >= 0.3 is 0 Å². The Bertz CT molecular complexity index is 1010. The number of amides is 2. The van der Waals surface area contributed by atoms with Gasteiger partial charge in [0.2, 0.25) is 19.1 Å². The van der Waals surface area contributed by atoms with Gasteiger partial charge in [-0.1, -0.05) is 18.2 Å². The molecule has 0 saturated carbocycles. The van der Waals surface area contributed by atoms with Gasteiger partial charge < -0.3 is 23.7 Å². The Morgan fingerprint density at radius 2 is 1.86 bits per heavy atom. The summed E-state index contributed by atoms with van der Waals surface area (Å²) in [5.41, 5.74) is 3.75. The molecule has 0 atom stereocenters. The van der Waals surface area contributed by atoms with Gasteiger partial charge in [0, 0.05) is 38.0 Å². The molecular weight excluding hydrogens is 370 g/mol. The van der Waals surface area contributed by atoms with Crippen molar-refractivity contribution >= 4 is 17.8 Å². The van der Waals surface area contributed by atoms with Crippen molar-refractivity contribution in [2.45, 2.75) is 13.0 Å². The van der Waals surface area contributed by atoms with Crippen LogP contribution in [0.25, 0.3) is 5.52 Å². The molecule has 0 radical (unpaired) electrons. The fourth-order valence-electron chi connectivity index (χ4n) is 3.60. The molecule has 0 bridgehead atoms. The van der Waals surface area contributed by atoms with Crippen molar-refractivity contribution in [2.24, 2.45) is 0 Å². The molecule has 4 heterocycles. The van der Waals surface area contributed by atoms with Crippen molar-refractivity contribution in [2.75, 3.05) is 26.9 Å². The summed E-state index contributed by atoms with van der Waals surface area (Å²) in [6, 6.07) is 13.8. The second kappa shape index (κ2) is 8.26. The molecule has 2 amide bonds. The van der Waals surface area contributed by atoms with Crippen molar-refractivity contribution in [3.8, 4) is 11.5 Å². The van der Waals surface area contributed by atoms with E-state index in [2.05, 4.69) is 16.7 Å². The lowest BCUT2D eigenvalue weighted by Crippen LogP contribution is -2.41. The standard InChI is InChI=1S/C15H17N3O2.C7H6O2/c1-16(11-19)10-15(20)18-7-5-13-12(9-18)8-17-6-3-2-4-14(13)17;1-2-4-7-6(3-1)8-5-9-7/h2-4,6,8,11H,5,7,9-10H2,1H3;1-4H,5H2. The van der Waals surface area contributed by atoms with Crippen LogP contribution in [0.2, 0.25) is 0 Å². The minimum Gasteiger partial charge on any atom is -0.454 e. The summed E-state index contributed by atoms with van der Waals surface area (Å²) >= 11 is 0. The maximum atomic E-state index is 12.1. The second-order valence-electron chi connectivity index (χ2n) is 7.07. The first-order chi connectivity index (χ1) is 14.2. The smallest absolute Gasteiger partial charge is 0.242 e. The van der Waals surface area contributed by atoms with Crippen LogP contribution in [0.15, 0.2) is 54.9 Å². The zero-order chi connectivity index (χ0) is 20.2. The zero-order valence-corrected chi connectivity index (χ0v) is 16.3. The molecule has 7 heteroatoms. The van der Waals surface area contributed by atoms with Gasteiger partial charge in [-0.3, -0.25) is 9.59 Å². The lowest BCUT2D eigenvalue weighted by Gasteiger charge is -2.28. The van der Waals surface area contributed by atoms with Crippen LogP contribution < -0.4 is 9.47 Å². The zero-order valence-electron chi connectivity index (χ0n) is 16.3. The van der Waals surface area contributed by atoms with Gasteiger partial charge in [0.25, 0.3) is 0 Å². The SMILES string of the molecule is CN(C=O)CC(=O)N1CCc2c(cn3ccccc23)C1.c1ccc2c(c1)OCO2. The molecule has 3 aromatic rings. The van der Waals surface area contributed by atoms with Gasteiger partial charge in [0.05, 0.1) is 6.54 Å². The average Bonchev–Trinajstić information content (AvgIpc) is 3.37. The first-order valence-electron chi connectivity index (χ1n) is 9.51. The Hall–Kier alpha value is -3.48. The van der Waals surface area contributed by atoms with E-state index in [1.165, 1.54) is 21.5 Å². The predicted octanol–water partition coefficient (Wildman–Crippen LogP) is 2.33. The number of rotatable bonds is 3. The summed E-state index contributed by atoms with van der Waals surface area (Å²) in [4.78, 5) is 25.9. The molecule has 0 spiro atoms. The van der Waals surface area contributed by atoms with Crippen molar-refractivity contribution < 1.29 is 19.1 Å². The predicted molar refractivity (Wildman–Crippen MR) is 108 cm³/mol. The average molecular weight is 393 g/mol. The third-order valence-corrected chi connectivity index (χ3v) is 5.07. The lowest BCUT2D eigenvalue weighted by atomic mass is 10.0. The number of pyridine rings is 1. The van der Waals surface area contributed by atoms with E-state index in [-0.39, 0.29) is 12.5 Å². The second-order valence-corrected chi connectivity index (χ2v) is 7.07. The highest BCUT2D eigenvalue weighted by Gasteiger charge is 2.23. The molecule has 29 heavy (non-hydrogen) atoms. The first-order valence-corrected chi connectivity index (χ1v) is 9.51. The molecule has 2 aliphatic rings. The third kappa shape index (κ3) is 4.03. The van der Waals surface area contributed by atoms with E-state index < -0.39 is 0 Å². The molecule has 0 unspecified atom stereocenters. The molecule has 0 fully saturated rings. The number of carbonyl (C=O) groups is 2. The largest absolute Gasteiger partial charge is 0.454 e. The van der Waals surface area contributed by atoms with Gasteiger partial charge in [-0.15, -0.1) is 0 Å². The lowest BCUT2D eigenvalue weighted by molar-refractivity contribution is -0.135. The maximum Gasteiger partial charge on any atom is 0.242 e. The third-order valence-electron chi connectivity index (χ3n) is 5.07. The van der Waals surface area contributed by atoms with Gasteiger partial charge in [-0.25, -0.2) is 0 Å². The number of fused-ring (bicyclic) bond motifs is 4. The Balaban J connectivity index is 0.000000188. The van der Waals surface area contributed by atoms with Gasteiger partial charge in [0.1, 0.15) is 0 Å². The van der Waals surface area contributed by atoms with E-state index in [1.807, 2.05) is 47.5 Å². The van der Waals surface area contributed by atoms with Crippen LogP contribution in [0.3, 0.4) is 0 Å². The van der Waals surface area contributed by atoms with Crippen LogP contribution in [0.4, 0.5) is 0 Å². The monoisotopic (exact) mass is 393 g/mol. The fourth-order valence-corrected chi connectivity index (χ4v) is 3.60. The van der Waals surface area contributed by atoms with Crippen LogP contribution >= 0.6 is 0 Å². The molecule has 7 nitrogen and oxygen atoms in total. The molecule has 5 rings (SSSR count). The number of carbonyl (C=O) groups excluding carboxylic acids is 2. The Kier molecular flexibility index (Phi) is 5.37. The van der Waals surface area contributed by atoms with E-state index in [0.29, 0.717) is 26.3 Å².